The minimum atomic E-state index is 0.231. The molecule has 2 unspecified atom stereocenters. The zero-order chi connectivity index (χ0) is 6.15. The highest BCUT2D eigenvalue weighted by Crippen LogP contribution is 2.22. The molecule has 0 aromatic rings. The van der Waals surface area contributed by atoms with Gasteiger partial charge in [0.05, 0.1) is 12.2 Å². The third kappa shape index (κ3) is 1.01. The molecule has 1 heterocycles. The summed E-state index contributed by atoms with van der Waals surface area (Å²) >= 11 is 0. The molecular weight excluding hydrogens is 104 g/mol. The van der Waals surface area contributed by atoms with E-state index in [1.54, 1.807) is 0 Å². The molecule has 0 aromatic carbocycles. The van der Waals surface area contributed by atoms with Crippen molar-refractivity contribution in [3.8, 4) is 0 Å². The van der Waals surface area contributed by atoms with Gasteiger partial charge in [-0.25, -0.2) is 0 Å². The lowest BCUT2D eigenvalue weighted by molar-refractivity contribution is 0.0592. The van der Waals surface area contributed by atoms with Crippen LogP contribution in [0, 0.1) is 6.29 Å². The fourth-order valence-electron chi connectivity index (χ4n) is 0.743. The van der Waals surface area contributed by atoms with Crippen molar-refractivity contribution < 1.29 is 9.47 Å². The molecule has 2 heteroatoms. The molecule has 0 bridgehead atoms. The summed E-state index contributed by atoms with van der Waals surface area (Å²) in [5.41, 5.74) is 0. The van der Waals surface area contributed by atoms with Crippen molar-refractivity contribution in [1.29, 1.82) is 0 Å². The smallest absolute Gasteiger partial charge is 0.221 e. The van der Waals surface area contributed by atoms with E-state index in [1.165, 1.54) is 0 Å². The highest BCUT2D eigenvalue weighted by atomic mass is 16.7. The van der Waals surface area contributed by atoms with Crippen LogP contribution in [0.2, 0.25) is 0 Å². The summed E-state index contributed by atoms with van der Waals surface area (Å²) in [6.45, 7) is 5.84. The first-order valence-corrected chi connectivity index (χ1v) is 2.87. The second-order valence-corrected chi connectivity index (χ2v) is 2.14. The Morgan fingerprint density at radius 3 is 1.62 bits per heavy atom. The number of hydrogen-bond acceptors (Lipinski definition) is 2. The monoisotopic (exact) mass is 115 g/mol. The molecule has 2 nitrogen and oxygen atoms in total. The van der Waals surface area contributed by atoms with Crippen LogP contribution in [0.25, 0.3) is 0 Å². The standard InChI is InChI=1S/C6H11O2/c1-4-5(2)8-6(3)7-4/h4-5H,1-3H3. The first-order chi connectivity index (χ1) is 3.70. The van der Waals surface area contributed by atoms with Crippen LogP contribution in [0.1, 0.15) is 20.8 Å². The Balaban J connectivity index is 2.39. The van der Waals surface area contributed by atoms with Gasteiger partial charge in [-0.15, -0.1) is 0 Å². The van der Waals surface area contributed by atoms with Gasteiger partial charge in [0.15, 0.2) is 0 Å². The highest BCUT2D eigenvalue weighted by molar-refractivity contribution is 4.75. The van der Waals surface area contributed by atoms with Crippen molar-refractivity contribution in [2.45, 2.75) is 33.0 Å². The van der Waals surface area contributed by atoms with Crippen molar-refractivity contribution >= 4 is 0 Å². The van der Waals surface area contributed by atoms with Gasteiger partial charge in [-0.1, -0.05) is 0 Å². The van der Waals surface area contributed by atoms with Gasteiger partial charge in [0, 0.05) is 0 Å². The van der Waals surface area contributed by atoms with Crippen LogP contribution < -0.4 is 0 Å². The van der Waals surface area contributed by atoms with E-state index in [-0.39, 0.29) is 12.2 Å². The van der Waals surface area contributed by atoms with Crippen LogP contribution in [0.3, 0.4) is 0 Å². The van der Waals surface area contributed by atoms with Gasteiger partial charge in [-0.2, -0.15) is 0 Å². The van der Waals surface area contributed by atoms with E-state index in [0.29, 0.717) is 6.29 Å². The summed E-state index contributed by atoms with van der Waals surface area (Å²) in [5, 5.41) is 0. The summed E-state index contributed by atoms with van der Waals surface area (Å²) in [7, 11) is 0. The molecule has 1 aliphatic rings. The maximum absolute atomic E-state index is 5.17. The average molecular weight is 115 g/mol. The number of hydrogen-bond donors (Lipinski definition) is 0. The van der Waals surface area contributed by atoms with Crippen molar-refractivity contribution in [3.63, 3.8) is 0 Å². The summed E-state index contributed by atoms with van der Waals surface area (Å²) in [5.74, 6) is 0. The highest BCUT2D eigenvalue weighted by Gasteiger charge is 2.26. The Morgan fingerprint density at radius 2 is 1.50 bits per heavy atom. The van der Waals surface area contributed by atoms with E-state index in [0.717, 1.165) is 0 Å². The molecular formula is C6H11O2. The van der Waals surface area contributed by atoms with E-state index in [4.69, 9.17) is 9.47 Å². The molecule has 1 aliphatic heterocycles. The largest absolute Gasteiger partial charge is 0.340 e. The van der Waals surface area contributed by atoms with Crippen LogP contribution in [0.15, 0.2) is 0 Å². The molecule has 0 aromatic heterocycles. The third-order valence-electron chi connectivity index (χ3n) is 1.36. The molecule has 8 heavy (non-hydrogen) atoms. The van der Waals surface area contributed by atoms with E-state index in [1.807, 2.05) is 20.8 Å². The number of ether oxygens (including phenoxy) is 2. The molecule has 0 N–H and O–H groups in total. The van der Waals surface area contributed by atoms with Crippen molar-refractivity contribution in [3.05, 3.63) is 6.29 Å². The third-order valence-corrected chi connectivity index (χ3v) is 1.36. The molecule has 1 radical (unpaired) electrons. The topological polar surface area (TPSA) is 18.5 Å². The molecule has 0 amide bonds. The van der Waals surface area contributed by atoms with Crippen LogP contribution in [0.5, 0.6) is 0 Å². The molecule has 1 fully saturated rings. The number of rotatable bonds is 0. The Hall–Kier alpha value is -0.0800. The molecule has 0 aliphatic carbocycles. The van der Waals surface area contributed by atoms with Gasteiger partial charge >= 0.3 is 0 Å². The Kier molecular flexibility index (Phi) is 1.54. The minimum absolute atomic E-state index is 0.231. The zero-order valence-electron chi connectivity index (χ0n) is 5.47. The summed E-state index contributed by atoms with van der Waals surface area (Å²) in [6.07, 6.45) is 1.16. The molecule has 0 saturated carbocycles. The molecule has 2 atom stereocenters. The van der Waals surface area contributed by atoms with Gasteiger partial charge in [-0.3, -0.25) is 0 Å². The zero-order valence-corrected chi connectivity index (χ0v) is 5.47. The quantitative estimate of drug-likeness (QED) is 0.474. The SMILES string of the molecule is C[C]1OC(C)C(C)O1. The van der Waals surface area contributed by atoms with E-state index in [9.17, 15) is 0 Å². The molecule has 1 rings (SSSR count). The summed E-state index contributed by atoms with van der Waals surface area (Å²) in [6, 6.07) is 0. The van der Waals surface area contributed by atoms with Gasteiger partial charge in [0.25, 0.3) is 0 Å². The Bertz CT molecular complexity index is 72.6. The van der Waals surface area contributed by atoms with Gasteiger partial charge in [0.1, 0.15) is 0 Å². The summed E-state index contributed by atoms with van der Waals surface area (Å²) < 4.78 is 10.3. The van der Waals surface area contributed by atoms with Crippen molar-refractivity contribution in [2.75, 3.05) is 0 Å². The predicted octanol–water partition coefficient (Wildman–Crippen LogP) is 1.32. The predicted molar refractivity (Wildman–Crippen MR) is 30.0 cm³/mol. The normalized spacial score (nSPS) is 40.9. The summed E-state index contributed by atoms with van der Waals surface area (Å²) in [4.78, 5) is 0. The second kappa shape index (κ2) is 2.03. The van der Waals surface area contributed by atoms with Gasteiger partial charge < -0.3 is 9.47 Å². The molecule has 47 valence electrons. The lowest BCUT2D eigenvalue weighted by Crippen LogP contribution is -2.13. The maximum atomic E-state index is 5.17. The average Bonchev–Trinajstić information content (AvgIpc) is 1.85. The first kappa shape index (κ1) is 6.05. The van der Waals surface area contributed by atoms with Crippen LogP contribution in [0.4, 0.5) is 0 Å². The minimum Gasteiger partial charge on any atom is -0.340 e. The lowest BCUT2D eigenvalue weighted by Gasteiger charge is -2.02. The maximum Gasteiger partial charge on any atom is 0.221 e. The van der Waals surface area contributed by atoms with E-state index in [2.05, 4.69) is 0 Å². The fourth-order valence-corrected chi connectivity index (χ4v) is 0.743. The van der Waals surface area contributed by atoms with E-state index >= 15 is 0 Å². The lowest BCUT2D eigenvalue weighted by atomic mass is 10.3. The first-order valence-electron chi connectivity index (χ1n) is 2.87. The van der Waals surface area contributed by atoms with Gasteiger partial charge in [0.2, 0.25) is 6.29 Å². The van der Waals surface area contributed by atoms with Crippen LogP contribution in [-0.2, 0) is 9.47 Å². The van der Waals surface area contributed by atoms with Crippen molar-refractivity contribution in [1.82, 2.24) is 0 Å². The Morgan fingerprint density at radius 1 is 1.12 bits per heavy atom. The van der Waals surface area contributed by atoms with E-state index < -0.39 is 0 Å². The van der Waals surface area contributed by atoms with Crippen molar-refractivity contribution in [2.24, 2.45) is 0 Å². The second-order valence-electron chi connectivity index (χ2n) is 2.14. The van der Waals surface area contributed by atoms with Gasteiger partial charge in [-0.05, 0) is 20.8 Å². The Labute approximate surface area is 49.8 Å². The molecule has 0 spiro atoms. The fraction of sp³-hybridized carbons (Fsp3) is 0.833. The van der Waals surface area contributed by atoms with Crippen LogP contribution >= 0.6 is 0 Å². The van der Waals surface area contributed by atoms with Crippen LogP contribution in [-0.4, -0.2) is 12.2 Å². The molecule has 1 saturated heterocycles.